The molecular weight excluding hydrogens is 318 g/mol. The second-order valence-corrected chi connectivity index (χ2v) is 6.90. The van der Waals surface area contributed by atoms with Crippen molar-refractivity contribution in [3.8, 4) is 0 Å². The van der Waals surface area contributed by atoms with Crippen LogP contribution in [0.4, 0.5) is 0 Å². The molecule has 0 aliphatic carbocycles. The fourth-order valence-electron chi connectivity index (χ4n) is 2.25. The maximum absolute atomic E-state index is 12.5. The molecule has 1 atom stereocenters. The van der Waals surface area contributed by atoms with Gasteiger partial charge in [-0.3, -0.25) is 4.68 Å². The molecule has 0 aliphatic rings. The topological polar surface area (TPSA) is 90.3 Å². The molecule has 23 heavy (non-hydrogen) atoms. The molecule has 0 bridgehead atoms. The monoisotopic (exact) mass is 337 g/mol. The quantitative estimate of drug-likeness (QED) is 0.804. The van der Waals surface area contributed by atoms with Crippen LogP contribution >= 0.6 is 0 Å². The van der Waals surface area contributed by atoms with Crippen molar-refractivity contribution < 1.29 is 17.9 Å². The van der Waals surface area contributed by atoms with E-state index in [2.05, 4.69) is 14.6 Å². The summed E-state index contributed by atoms with van der Waals surface area (Å²) in [5.74, 6) is -0.503. The van der Waals surface area contributed by atoms with Crippen molar-refractivity contribution in [2.75, 3.05) is 7.11 Å². The predicted molar refractivity (Wildman–Crippen MR) is 84.5 cm³/mol. The smallest absolute Gasteiger partial charge is 0.337 e. The van der Waals surface area contributed by atoms with Crippen LogP contribution in [0.2, 0.25) is 0 Å². The Bertz CT molecular complexity index is 785. The van der Waals surface area contributed by atoms with Crippen LogP contribution in [0.25, 0.3) is 0 Å². The molecule has 0 aliphatic heterocycles. The number of sulfonamides is 1. The Morgan fingerprint density at radius 1 is 1.43 bits per heavy atom. The van der Waals surface area contributed by atoms with E-state index in [-0.39, 0.29) is 10.9 Å². The lowest BCUT2D eigenvalue weighted by molar-refractivity contribution is 0.0600. The summed E-state index contributed by atoms with van der Waals surface area (Å²) in [6.07, 6.45) is 3.40. The van der Waals surface area contributed by atoms with Gasteiger partial charge in [0, 0.05) is 18.4 Å². The van der Waals surface area contributed by atoms with Gasteiger partial charge >= 0.3 is 5.97 Å². The molecule has 1 N–H and O–H groups in total. The van der Waals surface area contributed by atoms with E-state index < -0.39 is 16.0 Å². The van der Waals surface area contributed by atoms with E-state index in [0.29, 0.717) is 17.7 Å². The lowest BCUT2D eigenvalue weighted by Gasteiger charge is -2.16. The molecule has 0 amide bonds. The first-order valence-electron chi connectivity index (χ1n) is 7.02. The summed E-state index contributed by atoms with van der Waals surface area (Å²) in [5.41, 5.74) is 0.792. The Balaban J connectivity index is 2.17. The molecule has 124 valence electrons. The van der Waals surface area contributed by atoms with E-state index in [1.54, 1.807) is 37.0 Å². The zero-order valence-electron chi connectivity index (χ0n) is 13.2. The Morgan fingerprint density at radius 3 is 2.74 bits per heavy atom. The van der Waals surface area contributed by atoms with Gasteiger partial charge in [-0.2, -0.15) is 5.10 Å². The first-order chi connectivity index (χ1) is 10.8. The standard InChI is InChI=1S/C15H19N3O4S/c1-11-9-13(15(19)22-3)5-6-14(11)23(20,21)17-12(2)10-18-8-4-7-16-18/h4-9,12,17H,10H2,1-3H3. The van der Waals surface area contributed by atoms with Gasteiger partial charge in [0.1, 0.15) is 0 Å². The van der Waals surface area contributed by atoms with Crippen molar-refractivity contribution in [1.82, 2.24) is 14.5 Å². The fraction of sp³-hybridized carbons (Fsp3) is 0.333. The summed E-state index contributed by atoms with van der Waals surface area (Å²) >= 11 is 0. The van der Waals surface area contributed by atoms with Crippen LogP contribution in [-0.4, -0.2) is 37.3 Å². The van der Waals surface area contributed by atoms with E-state index in [1.807, 2.05) is 0 Å². The highest BCUT2D eigenvalue weighted by molar-refractivity contribution is 7.89. The summed E-state index contributed by atoms with van der Waals surface area (Å²) in [6, 6.07) is 5.78. The average Bonchev–Trinajstić information content (AvgIpc) is 2.98. The molecular formula is C15H19N3O4S. The van der Waals surface area contributed by atoms with Gasteiger partial charge in [0.05, 0.1) is 24.1 Å². The van der Waals surface area contributed by atoms with Crippen LogP contribution in [0.5, 0.6) is 0 Å². The van der Waals surface area contributed by atoms with Gasteiger partial charge in [-0.05, 0) is 43.7 Å². The molecule has 0 fully saturated rings. The molecule has 0 spiro atoms. The minimum Gasteiger partial charge on any atom is -0.465 e. The minimum atomic E-state index is -3.69. The third-order valence-corrected chi connectivity index (χ3v) is 5.01. The van der Waals surface area contributed by atoms with E-state index in [9.17, 15) is 13.2 Å². The van der Waals surface area contributed by atoms with E-state index in [4.69, 9.17) is 0 Å². The summed E-state index contributed by atoms with van der Waals surface area (Å²) in [7, 11) is -2.41. The van der Waals surface area contributed by atoms with Crippen LogP contribution in [0.15, 0.2) is 41.6 Å². The molecule has 1 unspecified atom stereocenters. The predicted octanol–water partition coefficient (Wildman–Crippen LogP) is 1.35. The number of hydrogen-bond acceptors (Lipinski definition) is 5. The number of hydrogen-bond donors (Lipinski definition) is 1. The number of nitrogens with one attached hydrogen (secondary N) is 1. The number of aromatic nitrogens is 2. The maximum atomic E-state index is 12.5. The van der Waals surface area contributed by atoms with Gasteiger partial charge < -0.3 is 4.74 Å². The van der Waals surface area contributed by atoms with E-state index in [1.165, 1.54) is 25.3 Å². The number of aryl methyl sites for hydroxylation is 1. The normalized spacial score (nSPS) is 12.8. The lowest BCUT2D eigenvalue weighted by Crippen LogP contribution is -2.36. The van der Waals surface area contributed by atoms with Crippen molar-refractivity contribution in [3.63, 3.8) is 0 Å². The van der Waals surface area contributed by atoms with E-state index in [0.717, 1.165) is 0 Å². The Morgan fingerprint density at radius 2 is 2.17 bits per heavy atom. The van der Waals surface area contributed by atoms with Crippen LogP contribution in [0.3, 0.4) is 0 Å². The highest BCUT2D eigenvalue weighted by Crippen LogP contribution is 2.17. The molecule has 0 saturated heterocycles. The summed E-state index contributed by atoms with van der Waals surface area (Å²) in [6.45, 7) is 3.82. The zero-order chi connectivity index (χ0) is 17.0. The first kappa shape index (κ1) is 17.2. The van der Waals surface area contributed by atoms with Crippen molar-refractivity contribution in [3.05, 3.63) is 47.8 Å². The number of carbonyl (C=O) groups is 1. The number of ether oxygens (including phenoxy) is 1. The van der Waals surface area contributed by atoms with E-state index >= 15 is 0 Å². The molecule has 1 aromatic carbocycles. The van der Waals surface area contributed by atoms with Crippen molar-refractivity contribution in [2.24, 2.45) is 0 Å². The van der Waals surface area contributed by atoms with Gasteiger partial charge in [0.2, 0.25) is 10.0 Å². The summed E-state index contributed by atoms with van der Waals surface area (Å²) in [5, 5.41) is 4.05. The van der Waals surface area contributed by atoms with Gasteiger partial charge in [0.25, 0.3) is 0 Å². The minimum absolute atomic E-state index is 0.137. The fourth-order valence-corrected chi connectivity index (χ4v) is 3.71. The largest absolute Gasteiger partial charge is 0.465 e. The van der Waals surface area contributed by atoms with Gasteiger partial charge in [-0.15, -0.1) is 0 Å². The van der Waals surface area contributed by atoms with Crippen LogP contribution < -0.4 is 4.72 Å². The van der Waals surface area contributed by atoms with Gasteiger partial charge in [-0.1, -0.05) is 0 Å². The zero-order valence-corrected chi connectivity index (χ0v) is 14.0. The third kappa shape index (κ3) is 4.17. The number of nitrogens with zero attached hydrogens (tertiary/aromatic N) is 2. The molecule has 1 aromatic heterocycles. The van der Waals surface area contributed by atoms with Gasteiger partial charge in [0.15, 0.2) is 0 Å². The average molecular weight is 337 g/mol. The molecule has 8 heteroatoms. The van der Waals surface area contributed by atoms with Crippen molar-refractivity contribution in [2.45, 2.75) is 31.3 Å². The van der Waals surface area contributed by atoms with Crippen molar-refractivity contribution >= 4 is 16.0 Å². The molecule has 1 heterocycles. The molecule has 2 rings (SSSR count). The highest BCUT2D eigenvalue weighted by Gasteiger charge is 2.21. The number of esters is 1. The number of rotatable bonds is 6. The van der Waals surface area contributed by atoms with Crippen LogP contribution in [-0.2, 0) is 21.3 Å². The molecule has 0 radical (unpaired) electrons. The first-order valence-corrected chi connectivity index (χ1v) is 8.50. The summed E-state index contributed by atoms with van der Waals surface area (Å²) < 4.78 is 33.9. The molecule has 0 saturated carbocycles. The number of methoxy groups -OCH3 is 1. The second-order valence-electron chi connectivity index (χ2n) is 5.22. The Kier molecular flexibility index (Phi) is 5.17. The lowest BCUT2D eigenvalue weighted by atomic mass is 10.1. The van der Waals surface area contributed by atoms with Crippen LogP contribution in [0.1, 0.15) is 22.8 Å². The number of benzene rings is 1. The molecule has 2 aromatic rings. The third-order valence-electron chi connectivity index (χ3n) is 3.26. The second kappa shape index (κ2) is 6.93. The number of carbonyl (C=O) groups excluding carboxylic acids is 1. The maximum Gasteiger partial charge on any atom is 0.337 e. The van der Waals surface area contributed by atoms with Crippen LogP contribution in [0, 0.1) is 6.92 Å². The highest BCUT2D eigenvalue weighted by atomic mass is 32.2. The summed E-state index contributed by atoms with van der Waals surface area (Å²) in [4.78, 5) is 11.6. The Hall–Kier alpha value is -2.19. The molecule has 7 nitrogen and oxygen atoms in total. The Labute approximate surface area is 135 Å². The van der Waals surface area contributed by atoms with Crippen molar-refractivity contribution in [1.29, 1.82) is 0 Å². The SMILES string of the molecule is COC(=O)c1ccc(S(=O)(=O)NC(C)Cn2cccn2)c(C)c1. The van der Waals surface area contributed by atoms with Gasteiger partial charge in [-0.25, -0.2) is 17.9 Å².